The average Bonchev–Trinajstić information content (AvgIpc) is 2.30. The van der Waals surface area contributed by atoms with E-state index in [9.17, 15) is 4.79 Å². The summed E-state index contributed by atoms with van der Waals surface area (Å²) in [7, 11) is 1.66. The Balaban J connectivity index is 2.46. The van der Waals surface area contributed by atoms with Crippen LogP contribution in [0.4, 0.5) is 0 Å². The van der Waals surface area contributed by atoms with E-state index in [2.05, 4.69) is 5.32 Å². The number of hydrogen-bond acceptors (Lipinski definition) is 2. The third-order valence-electron chi connectivity index (χ3n) is 2.53. The normalized spacial score (nSPS) is 12.5. The molecule has 94 valence electrons. The Morgan fingerprint density at radius 1 is 1.29 bits per heavy atom. The van der Waals surface area contributed by atoms with Crippen molar-refractivity contribution in [3.63, 3.8) is 0 Å². The number of carbonyl (C=O) groups excluding carboxylic acids is 1. The smallest absolute Gasteiger partial charge is 0.220 e. The highest BCUT2D eigenvalue weighted by atomic mass is 16.5. The van der Waals surface area contributed by atoms with Crippen LogP contribution in [0.15, 0.2) is 30.3 Å². The van der Waals surface area contributed by atoms with Crippen LogP contribution in [0.2, 0.25) is 0 Å². The highest BCUT2D eigenvalue weighted by molar-refractivity contribution is 5.76. The van der Waals surface area contributed by atoms with E-state index in [-0.39, 0.29) is 12.0 Å². The Morgan fingerprint density at radius 3 is 2.47 bits per heavy atom. The molecule has 1 N–H and O–H groups in total. The number of methoxy groups -OCH3 is 1. The summed E-state index contributed by atoms with van der Waals surface area (Å²) in [5.74, 6) is 0.464. The van der Waals surface area contributed by atoms with Crippen LogP contribution in [0.5, 0.6) is 0 Å². The summed E-state index contributed by atoms with van der Waals surface area (Å²) in [6, 6.07) is 9.91. The maximum atomic E-state index is 11.5. The van der Waals surface area contributed by atoms with Crippen molar-refractivity contribution in [2.45, 2.75) is 26.4 Å². The molecule has 0 spiro atoms. The maximum absolute atomic E-state index is 11.5. The molecule has 3 heteroatoms. The van der Waals surface area contributed by atoms with Gasteiger partial charge in [-0.25, -0.2) is 0 Å². The molecule has 1 amide bonds. The minimum absolute atomic E-state index is 0.0766. The van der Waals surface area contributed by atoms with E-state index < -0.39 is 0 Å². The lowest BCUT2D eigenvalue weighted by atomic mass is 10.1. The van der Waals surface area contributed by atoms with Gasteiger partial charge in [0.05, 0.1) is 6.10 Å². The number of benzene rings is 1. The van der Waals surface area contributed by atoms with Crippen molar-refractivity contribution in [1.29, 1.82) is 0 Å². The van der Waals surface area contributed by atoms with E-state index in [1.807, 2.05) is 44.2 Å². The molecule has 0 bridgehead atoms. The monoisotopic (exact) mass is 235 g/mol. The van der Waals surface area contributed by atoms with Gasteiger partial charge in [-0.3, -0.25) is 4.79 Å². The molecule has 0 aliphatic rings. The van der Waals surface area contributed by atoms with Crippen LogP contribution in [0.1, 0.15) is 31.9 Å². The van der Waals surface area contributed by atoms with Crippen molar-refractivity contribution in [2.24, 2.45) is 5.92 Å². The second kappa shape index (κ2) is 7.07. The quantitative estimate of drug-likeness (QED) is 0.823. The van der Waals surface area contributed by atoms with E-state index in [1.165, 1.54) is 0 Å². The van der Waals surface area contributed by atoms with Gasteiger partial charge in [0, 0.05) is 20.1 Å². The lowest BCUT2D eigenvalue weighted by Crippen LogP contribution is -2.29. The van der Waals surface area contributed by atoms with Crippen LogP contribution in [0.25, 0.3) is 0 Å². The summed E-state index contributed by atoms with van der Waals surface area (Å²) in [6.07, 6.45) is 0.484. The molecule has 0 aromatic heterocycles. The largest absolute Gasteiger partial charge is 0.375 e. The summed E-state index contributed by atoms with van der Waals surface area (Å²) in [4.78, 5) is 11.5. The zero-order valence-electron chi connectivity index (χ0n) is 10.8. The molecule has 0 fully saturated rings. The highest BCUT2D eigenvalue weighted by Crippen LogP contribution is 2.14. The first kappa shape index (κ1) is 13.7. The molecule has 0 radical (unpaired) electrons. The van der Waals surface area contributed by atoms with Gasteiger partial charge in [-0.2, -0.15) is 0 Å². The van der Waals surface area contributed by atoms with Crippen molar-refractivity contribution in [3.8, 4) is 0 Å². The van der Waals surface area contributed by atoms with E-state index >= 15 is 0 Å². The van der Waals surface area contributed by atoms with Crippen LogP contribution < -0.4 is 5.32 Å². The molecule has 1 aromatic carbocycles. The van der Waals surface area contributed by atoms with Crippen LogP contribution in [-0.2, 0) is 9.53 Å². The zero-order chi connectivity index (χ0) is 12.7. The maximum Gasteiger partial charge on any atom is 0.220 e. The topological polar surface area (TPSA) is 38.3 Å². The van der Waals surface area contributed by atoms with Crippen molar-refractivity contribution in [3.05, 3.63) is 35.9 Å². The van der Waals surface area contributed by atoms with Gasteiger partial charge in [-0.15, -0.1) is 0 Å². The Kier molecular flexibility index (Phi) is 5.70. The zero-order valence-corrected chi connectivity index (χ0v) is 10.8. The van der Waals surface area contributed by atoms with Gasteiger partial charge in [0.2, 0.25) is 5.91 Å². The van der Waals surface area contributed by atoms with Crippen molar-refractivity contribution < 1.29 is 9.53 Å². The third kappa shape index (κ3) is 5.00. The van der Waals surface area contributed by atoms with Gasteiger partial charge < -0.3 is 10.1 Å². The summed E-state index contributed by atoms with van der Waals surface area (Å²) in [6.45, 7) is 4.58. The van der Waals surface area contributed by atoms with Crippen LogP contribution in [-0.4, -0.2) is 19.6 Å². The van der Waals surface area contributed by atoms with E-state index in [0.717, 1.165) is 5.56 Å². The van der Waals surface area contributed by atoms with Gasteiger partial charge >= 0.3 is 0 Å². The Morgan fingerprint density at radius 2 is 1.94 bits per heavy atom. The Labute approximate surface area is 103 Å². The first-order chi connectivity index (χ1) is 8.13. The van der Waals surface area contributed by atoms with Crippen LogP contribution in [0.3, 0.4) is 0 Å². The second-order valence-electron chi connectivity index (χ2n) is 4.54. The number of rotatable bonds is 6. The molecule has 1 aromatic rings. The summed E-state index contributed by atoms with van der Waals surface area (Å²) in [5, 5.41) is 2.90. The molecule has 0 aliphatic heterocycles. The van der Waals surface area contributed by atoms with Gasteiger partial charge in [0.15, 0.2) is 0 Å². The molecule has 1 atom stereocenters. The SMILES string of the molecule is CO[C@H](CNC(=O)CC(C)C)c1ccccc1. The lowest BCUT2D eigenvalue weighted by molar-refractivity contribution is -0.122. The van der Waals surface area contributed by atoms with E-state index in [1.54, 1.807) is 7.11 Å². The Bertz CT molecular complexity index is 335. The summed E-state index contributed by atoms with van der Waals surface area (Å²) >= 11 is 0. The molecule has 0 unspecified atom stereocenters. The Hall–Kier alpha value is -1.35. The summed E-state index contributed by atoms with van der Waals surface area (Å²) in [5.41, 5.74) is 1.08. The highest BCUT2D eigenvalue weighted by Gasteiger charge is 2.12. The number of nitrogens with one attached hydrogen (secondary N) is 1. The predicted octanol–water partition coefficient (Wildman–Crippen LogP) is 2.54. The van der Waals surface area contributed by atoms with Gasteiger partial charge in [-0.1, -0.05) is 44.2 Å². The van der Waals surface area contributed by atoms with Gasteiger partial charge in [0.1, 0.15) is 0 Å². The number of ether oxygens (including phenoxy) is 1. The molecule has 0 aliphatic carbocycles. The minimum Gasteiger partial charge on any atom is -0.375 e. The standard InChI is InChI=1S/C14H21NO2/c1-11(2)9-14(16)15-10-13(17-3)12-7-5-4-6-8-12/h4-8,11,13H,9-10H2,1-3H3,(H,15,16)/t13-/m1/s1. The van der Waals surface area contributed by atoms with Crippen molar-refractivity contribution in [2.75, 3.05) is 13.7 Å². The molecule has 17 heavy (non-hydrogen) atoms. The lowest BCUT2D eigenvalue weighted by Gasteiger charge is -2.16. The molecule has 3 nitrogen and oxygen atoms in total. The predicted molar refractivity (Wildman–Crippen MR) is 68.7 cm³/mol. The van der Waals surface area contributed by atoms with Crippen LogP contribution in [0, 0.1) is 5.92 Å². The first-order valence-corrected chi connectivity index (χ1v) is 5.98. The fourth-order valence-electron chi connectivity index (χ4n) is 1.65. The number of amides is 1. The molecule has 0 heterocycles. The third-order valence-corrected chi connectivity index (χ3v) is 2.53. The van der Waals surface area contributed by atoms with E-state index in [4.69, 9.17) is 4.74 Å². The van der Waals surface area contributed by atoms with Gasteiger partial charge in [-0.05, 0) is 11.5 Å². The average molecular weight is 235 g/mol. The molecule has 0 saturated carbocycles. The molecule has 0 saturated heterocycles. The van der Waals surface area contributed by atoms with Crippen molar-refractivity contribution in [1.82, 2.24) is 5.32 Å². The number of hydrogen-bond donors (Lipinski definition) is 1. The van der Waals surface area contributed by atoms with Crippen LogP contribution >= 0.6 is 0 Å². The van der Waals surface area contributed by atoms with Crippen molar-refractivity contribution >= 4 is 5.91 Å². The summed E-state index contributed by atoms with van der Waals surface area (Å²) < 4.78 is 5.38. The minimum atomic E-state index is -0.0766. The first-order valence-electron chi connectivity index (χ1n) is 5.98. The fourth-order valence-corrected chi connectivity index (χ4v) is 1.65. The molecular weight excluding hydrogens is 214 g/mol. The fraction of sp³-hybridized carbons (Fsp3) is 0.500. The number of carbonyl (C=O) groups is 1. The van der Waals surface area contributed by atoms with E-state index in [0.29, 0.717) is 18.9 Å². The molecule has 1 rings (SSSR count). The van der Waals surface area contributed by atoms with Gasteiger partial charge in [0.25, 0.3) is 0 Å². The molecular formula is C14H21NO2. The second-order valence-corrected chi connectivity index (χ2v) is 4.54.